The summed E-state index contributed by atoms with van der Waals surface area (Å²) in [5.74, 6) is 0.791. The number of anilines is 1. The molecule has 0 saturated carbocycles. The number of benzene rings is 3. The fourth-order valence-corrected chi connectivity index (χ4v) is 3.94. The largest absolute Gasteiger partial charge is 0.382 e. The molecule has 0 bridgehead atoms. The van der Waals surface area contributed by atoms with Gasteiger partial charge in [-0.1, -0.05) is 54.6 Å². The molecule has 0 amide bonds. The van der Waals surface area contributed by atoms with Gasteiger partial charge in [-0.3, -0.25) is 0 Å². The van der Waals surface area contributed by atoms with Crippen LogP contribution in [0.4, 0.5) is 5.82 Å². The van der Waals surface area contributed by atoms with E-state index in [1.807, 2.05) is 6.07 Å². The Bertz CT molecular complexity index is 1120. The van der Waals surface area contributed by atoms with Crippen molar-refractivity contribution in [3.63, 3.8) is 0 Å². The summed E-state index contributed by atoms with van der Waals surface area (Å²) in [6.07, 6.45) is 0. The normalized spacial score (nSPS) is 16.2. The lowest BCUT2D eigenvalue weighted by molar-refractivity contribution is 0.592. The van der Waals surface area contributed by atoms with Gasteiger partial charge >= 0.3 is 0 Å². The van der Waals surface area contributed by atoms with Crippen molar-refractivity contribution in [2.24, 2.45) is 0 Å². The highest BCUT2D eigenvalue weighted by molar-refractivity contribution is 5.83. The zero-order valence-corrected chi connectivity index (χ0v) is 14.9. The summed E-state index contributed by atoms with van der Waals surface area (Å²) >= 11 is 0. The van der Waals surface area contributed by atoms with Gasteiger partial charge in [0.1, 0.15) is 5.82 Å². The molecule has 0 aliphatic carbocycles. The van der Waals surface area contributed by atoms with Gasteiger partial charge in [0.15, 0.2) is 0 Å². The molecule has 1 aliphatic heterocycles. The van der Waals surface area contributed by atoms with Crippen LogP contribution in [-0.2, 0) is 6.54 Å². The van der Waals surface area contributed by atoms with Gasteiger partial charge in [-0.25, -0.2) is 0 Å². The molecule has 5 rings (SSSR count). The molecule has 0 radical (unpaired) electrons. The van der Waals surface area contributed by atoms with Crippen LogP contribution in [0.5, 0.6) is 0 Å². The highest BCUT2D eigenvalue weighted by Gasteiger charge is 2.22. The lowest BCUT2D eigenvalue weighted by Crippen LogP contribution is -2.28. The smallest absolute Gasteiger partial charge is 0.146 e. The lowest BCUT2D eigenvalue weighted by atomic mass is 9.84. The maximum absolute atomic E-state index is 5.65. The molecule has 27 heavy (non-hydrogen) atoms. The van der Waals surface area contributed by atoms with Crippen LogP contribution in [0.3, 0.4) is 0 Å². The predicted octanol–water partition coefficient (Wildman–Crippen LogP) is 4.11. The minimum atomic E-state index is 0.352. The van der Waals surface area contributed by atoms with Gasteiger partial charge in [0.25, 0.3) is 0 Å². The van der Waals surface area contributed by atoms with Crippen molar-refractivity contribution in [1.29, 1.82) is 0 Å². The van der Waals surface area contributed by atoms with Crippen LogP contribution in [0.2, 0.25) is 0 Å². The van der Waals surface area contributed by atoms with Crippen molar-refractivity contribution in [3.8, 4) is 11.3 Å². The molecular weight excluding hydrogens is 332 g/mol. The van der Waals surface area contributed by atoms with Crippen molar-refractivity contribution >= 4 is 16.6 Å². The molecule has 1 unspecified atom stereocenters. The zero-order valence-electron chi connectivity index (χ0n) is 14.9. The second kappa shape index (κ2) is 6.49. The fourth-order valence-electron chi connectivity index (χ4n) is 3.94. The summed E-state index contributed by atoms with van der Waals surface area (Å²) in [6.45, 7) is 1.82. The van der Waals surface area contributed by atoms with Crippen LogP contribution >= 0.6 is 0 Å². The van der Waals surface area contributed by atoms with E-state index < -0.39 is 0 Å². The van der Waals surface area contributed by atoms with Crippen molar-refractivity contribution in [2.45, 2.75) is 12.5 Å². The molecule has 2 heterocycles. The summed E-state index contributed by atoms with van der Waals surface area (Å²) in [5.41, 5.74) is 11.6. The first kappa shape index (κ1) is 16.0. The van der Waals surface area contributed by atoms with E-state index in [1.165, 1.54) is 27.5 Å². The standard InChI is InChI=1S/C23H20N4/c24-23-10-9-22(26-27-23)18-7-8-20-19(12-18)13-25-14-21(20)17-6-5-15-3-1-2-4-16(15)11-17/h1-12,21,25H,13-14H2,(H2,24,27). The van der Waals surface area contributed by atoms with Crippen molar-refractivity contribution in [2.75, 3.05) is 12.3 Å². The van der Waals surface area contributed by atoms with E-state index in [2.05, 4.69) is 76.2 Å². The molecule has 1 aromatic heterocycles. The van der Waals surface area contributed by atoms with Gasteiger partial charge in [-0.05, 0) is 45.7 Å². The first-order chi connectivity index (χ1) is 13.3. The third kappa shape index (κ3) is 2.94. The number of nitrogens with one attached hydrogen (secondary N) is 1. The first-order valence-electron chi connectivity index (χ1n) is 9.20. The van der Waals surface area contributed by atoms with E-state index in [1.54, 1.807) is 6.07 Å². The summed E-state index contributed by atoms with van der Waals surface area (Å²) in [4.78, 5) is 0. The van der Waals surface area contributed by atoms with Gasteiger partial charge in [0.05, 0.1) is 5.69 Å². The number of nitrogen functional groups attached to an aromatic ring is 1. The molecule has 3 N–H and O–H groups in total. The van der Waals surface area contributed by atoms with Gasteiger partial charge in [-0.15, -0.1) is 10.2 Å². The Balaban J connectivity index is 1.55. The highest BCUT2D eigenvalue weighted by atomic mass is 15.1. The molecule has 3 aromatic carbocycles. The van der Waals surface area contributed by atoms with Gasteiger partial charge in [0, 0.05) is 24.6 Å². The Hall–Kier alpha value is -3.24. The number of nitrogens with zero attached hydrogens (tertiary/aromatic N) is 2. The highest BCUT2D eigenvalue weighted by Crippen LogP contribution is 2.33. The van der Waals surface area contributed by atoms with Crippen LogP contribution in [0.15, 0.2) is 72.8 Å². The Labute approximate surface area is 158 Å². The third-order valence-corrected chi connectivity index (χ3v) is 5.34. The SMILES string of the molecule is Nc1ccc(-c2ccc3c(c2)CNCC3c2ccc3ccccc3c2)nn1. The van der Waals surface area contributed by atoms with E-state index in [-0.39, 0.29) is 0 Å². The van der Waals surface area contributed by atoms with Crippen molar-refractivity contribution in [3.05, 3.63) is 89.5 Å². The Morgan fingerprint density at radius 2 is 1.74 bits per heavy atom. The van der Waals surface area contributed by atoms with E-state index in [9.17, 15) is 0 Å². The summed E-state index contributed by atoms with van der Waals surface area (Å²) in [6, 6.07) is 25.6. The third-order valence-electron chi connectivity index (χ3n) is 5.34. The van der Waals surface area contributed by atoms with Crippen LogP contribution in [-0.4, -0.2) is 16.7 Å². The number of hydrogen-bond acceptors (Lipinski definition) is 4. The summed E-state index contributed by atoms with van der Waals surface area (Å²) in [7, 11) is 0. The molecule has 1 aliphatic rings. The molecular formula is C23H20N4. The minimum Gasteiger partial charge on any atom is -0.382 e. The summed E-state index contributed by atoms with van der Waals surface area (Å²) < 4.78 is 0. The number of rotatable bonds is 2. The maximum Gasteiger partial charge on any atom is 0.146 e. The zero-order chi connectivity index (χ0) is 18.2. The summed E-state index contributed by atoms with van der Waals surface area (Å²) in [5, 5.41) is 14.3. The van der Waals surface area contributed by atoms with Crippen LogP contribution in [0, 0.1) is 0 Å². The number of aromatic nitrogens is 2. The molecule has 4 aromatic rings. The molecule has 0 spiro atoms. The van der Waals surface area contributed by atoms with Gasteiger partial charge in [0.2, 0.25) is 0 Å². The average molecular weight is 352 g/mol. The first-order valence-corrected chi connectivity index (χ1v) is 9.20. The Morgan fingerprint density at radius 3 is 2.59 bits per heavy atom. The molecule has 1 atom stereocenters. The Kier molecular flexibility index (Phi) is 3.84. The second-order valence-electron chi connectivity index (χ2n) is 7.05. The average Bonchev–Trinajstić information content (AvgIpc) is 2.73. The lowest BCUT2D eigenvalue weighted by Gasteiger charge is -2.27. The number of hydrogen-bond donors (Lipinski definition) is 2. The monoisotopic (exact) mass is 352 g/mol. The van der Waals surface area contributed by atoms with E-state index in [0.29, 0.717) is 11.7 Å². The Morgan fingerprint density at radius 1 is 0.852 bits per heavy atom. The minimum absolute atomic E-state index is 0.352. The second-order valence-corrected chi connectivity index (χ2v) is 7.05. The van der Waals surface area contributed by atoms with Crippen LogP contribution < -0.4 is 11.1 Å². The quantitative estimate of drug-likeness (QED) is 0.570. The van der Waals surface area contributed by atoms with Crippen molar-refractivity contribution < 1.29 is 0 Å². The predicted molar refractivity (Wildman–Crippen MR) is 109 cm³/mol. The van der Waals surface area contributed by atoms with Crippen molar-refractivity contribution in [1.82, 2.24) is 15.5 Å². The molecule has 4 nitrogen and oxygen atoms in total. The van der Waals surface area contributed by atoms with Crippen LogP contribution in [0.1, 0.15) is 22.6 Å². The maximum atomic E-state index is 5.65. The van der Waals surface area contributed by atoms with Gasteiger partial charge < -0.3 is 11.1 Å². The van der Waals surface area contributed by atoms with E-state index >= 15 is 0 Å². The topological polar surface area (TPSA) is 63.8 Å². The van der Waals surface area contributed by atoms with Gasteiger partial charge in [-0.2, -0.15) is 0 Å². The molecule has 0 saturated heterocycles. The molecule has 0 fully saturated rings. The number of fused-ring (bicyclic) bond motifs is 2. The fraction of sp³-hybridized carbons (Fsp3) is 0.130. The van der Waals surface area contributed by atoms with E-state index in [4.69, 9.17) is 5.73 Å². The molecule has 132 valence electrons. The van der Waals surface area contributed by atoms with Crippen LogP contribution in [0.25, 0.3) is 22.0 Å². The van der Waals surface area contributed by atoms with E-state index in [0.717, 1.165) is 24.3 Å². The molecule has 4 heteroatoms. The number of nitrogens with two attached hydrogens (primary N) is 1.